The number of carboxylic acids is 1. The summed E-state index contributed by atoms with van der Waals surface area (Å²) in [5.74, 6) is -0.700. The Morgan fingerprint density at radius 1 is 1.35 bits per heavy atom. The maximum absolute atomic E-state index is 10.5. The fourth-order valence-corrected chi connectivity index (χ4v) is 3.33. The molecule has 0 spiro atoms. The maximum atomic E-state index is 10.5. The molecule has 1 N–H and O–H groups in total. The molecule has 1 aromatic rings. The molecule has 17 heavy (non-hydrogen) atoms. The van der Waals surface area contributed by atoms with Crippen molar-refractivity contribution in [3.05, 3.63) is 29.8 Å². The molecule has 92 valence electrons. The van der Waals surface area contributed by atoms with E-state index in [-0.39, 0.29) is 6.42 Å². The highest BCUT2D eigenvalue weighted by molar-refractivity contribution is 8.00. The van der Waals surface area contributed by atoms with Gasteiger partial charge in [-0.15, -0.1) is 11.8 Å². The SMILES string of the molecule is O=C(O)CCCc1ccccc1SC1CCC1. The molecule has 1 aliphatic carbocycles. The molecule has 2 nitrogen and oxygen atoms in total. The predicted octanol–water partition coefficient (Wildman–Crippen LogP) is 3.74. The zero-order chi connectivity index (χ0) is 12.1. The minimum Gasteiger partial charge on any atom is -0.481 e. The third-order valence-electron chi connectivity index (χ3n) is 3.16. The Hall–Kier alpha value is -0.960. The normalized spacial score (nSPS) is 15.5. The van der Waals surface area contributed by atoms with Crippen LogP contribution in [0.3, 0.4) is 0 Å². The molecule has 0 bridgehead atoms. The molecule has 1 aliphatic rings. The third kappa shape index (κ3) is 3.77. The van der Waals surface area contributed by atoms with Crippen molar-refractivity contribution in [1.82, 2.24) is 0 Å². The molecule has 1 saturated carbocycles. The first-order chi connectivity index (χ1) is 8.25. The molecule has 0 atom stereocenters. The van der Waals surface area contributed by atoms with E-state index in [0.717, 1.165) is 18.1 Å². The lowest BCUT2D eigenvalue weighted by molar-refractivity contribution is -0.137. The molecule has 0 amide bonds. The van der Waals surface area contributed by atoms with Gasteiger partial charge in [0.1, 0.15) is 0 Å². The van der Waals surface area contributed by atoms with Crippen molar-refractivity contribution in [1.29, 1.82) is 0 Å². The van der Waals surface area contributed by atoms with Crippen molar-refractivity contribution >= 4 is 17.7 Å². The van der Waals surface area contributed by atoms with Gasteiger partial charge in [0.2, 0.25) is 0 Å². The second-order valence-electron chi connectivity index (χ2n) is 4.53. The highest BCUT2D eigenvalue weighted by Crippen LogP contribution is 2.38. The number of hydrogen-bond donors (Lipinski definition) is 1. The summed E-state index contributed by atoms with van der Waals surface area (Å²) < 4.78 is 0. The van der Waals surface area contributed by atoms with Gasteiger partial charge in [0.25, 0.3) is 0 Å². The predicted molar refractivity (Wildman–Crippen MR) is 70.5 cm³/mol. The number of rotatable bonds is 6. The smallest absolute Gasteiger partial charge is 0.303 e. The highest BCUT2D eigenvalue weighted by Gasteiger charge is 2.19. The Kier molecular flexibility index (Phi) is 4.49. The van der Waals surface area contributed by atoms with Gasteiger partial charge >= 0.3 is 5.97 Å². The molecule has 0 unspecified atom stereocenters. The summed E-state index contributed by atoms with van der Waals surface area (Å²) in [7, 11) is 0. The van der Waals surface area contributed by atoms with Crippen LogP contribution in [0.5, 0.6) is 0 Å². The van der Waals surface area contributed by atoms with E-state index in [9.17, 15) is 4.79 Å². The summed E-state index contributed by atoms with van der Waals surface area (Å²) in [6, 6.07) is 8.41. The second kappa shape index (κ2) is 6.10. The molecule has 1 aromatic carbocycles. The van der Waals surface area contributed by atoms with Crippen LogP contribution >= 0.6 is 11.8 Å². The van der Waals surface area contributed by atoms with Gasteiger partial charge in [0, 0.05) is 16.6 Å². The summed E-state index contributed by atoms with van der Waals surface area (Å²) >= 11 is 1.97. The Bertz CT molecular complexity index is 386. The number of benzene rings is 1. The van der Waals surface area contributed by atoms with Crippen molar-refractivity contribution in [2.24, 2.45) is 0 Å². The molecular weight excluding hydrogens is 232 g/mol. The van der Waals surface area contributed by atoms with Crippen molar-refractivity contribution in [3.8, 4) is 0 Å². The number of aryl methyl sites for hydroxylation is 1. The fourth-order valence-electron chi connectivity index (χ4n) is 1.92. The molecule has 0 heterocycles. The van der Waals surface area contributed by atoms with Crippen LogP contribution in [-0.4, -0.2) is 16.3 Å². The molecule has 2 rings (SSSR count). The molecular formula is C14H18O2S. The number of thioether (sulfide) groups is 1. The van der Waals surface area contributed by atoms with Crippen LogP contribution in [0.15, 0.2) is 29.2 Å². The van der Waals surface area contributed by atoms with Crippen molar-refractivity contribution < 1.29 is 9.90 Å². The summed E-state index contributed by atoms with van der Waals surface area (Å²) in [5.41, 5.74) is 1.31. The van der Waals surface area contributed by atoms with Crippen LogP contribution in [0.4, 0.5) is 0 Å². The quantitative estimate of drug-likeness (QED) is 0.835. The van der Waals surface area contributed by atoms with E-state index in [1.165, 1.54) is 29.7 Å². The Morgan fingerprint density at radius 2 is 2.12 bits per heavy atom. The van der Waals surface area contributed by atoms with Crippen LogP contribution in [0.1, 0.15) is 37.7 Å². The molecule has 0 aromatic heterocycles. The highest BCUT2D eigenvalue weighted by atomic mass is 32.2. The zero-order valence-electron chi connectivity index (χ0n) is 9.89. The van der Waals surface area contributed by atoms with Crippen LogP contribution in [0.25, 0.3) is 0 Å². The average molecular weight is 250 g/mol. The number of carbonyl (C=O) groups is 1. The van der Waals surface area contributed by atoms with E-state index in [2.05, 4.69) is 18.2 Å². The van der Waals surface area contributed by atoms with Gasteiger partial charge in [-0.3, -0.25) is 4.79 Å². The third-order valence-corrected chi connectivity index (χ3v) is 4.61. The second-order valence-corrected chi connectivity index (χ2v) is 5.87. The average Bonchev–Trinajstić information content (AvgIpc) is 2.25. The van der Waals surface area contributed by atoms with Gasteiger partial charge in [-0.05, 0) is 37.3 Å². The summed E-state index contributed by atoms with van der Waals surface area (Å²) in [4.78, 5) is 11.9. The van der Waals surface area contributed by atoms with Crippen molar-refractivity contribution in [3.63, 3.8) is 0 Å². The Morgan fingerprint density at radius 3 is 2.76 bits per heavy atom. The van der Waals surface area contributed by atoms with Gasteiger partial charge in [0.05, 0.1) is 0 Å². The first-order valence-corrected chi connectivity index (χ1v) is 7.10. The fraction of sp³-hybridized carbons (Fsp3) is 0.500. The van der Waals surface area contributed by atoms with Crippen LogP contribution in [-0.2, 0) is 11.2 Å². The van der Waals surface area contributed by atoms with Gasteiger partial charge in [0.15, 0.2) is 0 Å². The van der Waals surface area contributed by atoms with E-state index < -0.39 is 5.97 Å². The molecule has 0 saturated heterocycles. The topological polar surface area (TPSA) is 37.3 Å². The van der Waals surface area contributed by atoms with Crippen LogP contribution in [0, 0.1) is 0 Å². The van der Waals surface area contributed by atoms with Crippen LogP contribution < -0.4 is 0 Å². The summed E-state index contributed by atoms with van der Waals surface area (Å²) in [5, 5.41) is 9.44. The minimum atomic E-state index is -0.700. The van der Waals surface area contributed by atoms with Crippen molar-refractivity contribution in [2.45, 2.75) is 48.7 Å². The number of carboxylic acid groups (broad SMARTS) is 1. The molecule has 3 heteroatoms. The van der Waals surface area contributed by atoms with Crippen LogP contribution in [0.2, 0.25) is 0 Å². The largest absolute Gasteiger partial charge is 0.481 e. The lowest BCUT2D eigenvalue weighted by Gasteiger charge is -2.25. The molecule has 0 aliphatic heterocycles. The lowest BCUT2D eigenvalue weighted by Crippen LogP contribution is -2.13. The lowest BCUT2D eigenvalue weighted by atomic mass is 10.00. The first kappa shape index (κ1) is 12.5. The van der Waals surface area contributed by atoms with Gasteiger partial charge in [-0.25, -0.2) is 0 Å². The van der Waals surface area contributed by atoms with E-state index in [0.29, 0.717) is 0 Å². The minimum absolute atomic E-state index is 0.266. The van der Waals surface area contributed by atoms with Gasteiger partial charge in [-0.2, -0.15) is 0 Å². The van der Waals surface area contributed by atoms with Crippen molar-refractivity contribution in [2.75, 3.05) is 0 Å². The van der Waals surface area contributed by atoms with E-state index >= 15 is 0 Å². The number of aliphatic carboxylic acids is 1. The standard InChI is InChI=1S/C14H18O2S/c15-14(16)10-3-6-11-5-1-2-9-13(11)17-12-7-4-8-12/h1-2,5,9,12H,3-4,6-8,10H2,(H,15,16). The summed E-state index contributed by atoms with van der Waals surface area (Å²) in [6.45, 7) is 0. The monoisotopic (exact) mass is 250 g/mol. The maximum Gasteiger partial charge on any atom is 0.303 e. The molecule has 1 fully saturated rings. The van der Waals surface area contributed by atoms with E-state index in [4.69, 9.17) is 5.11 Å². The Balaban J connectivity index is 1.92. The van der Waals surface area contributed by atoms with E-state index in [1.807, 2.05) is 17.8 Å². The van der Waals surface area contributed by atoms with Gasteiger partial charge in [-0.1, -0.05) is 24.6 Å². The molecule has 0 radical (unpaired) electrons. The van der Waals surface area contributed by atoms with E-state index in [1.54, 1.807) is 0 Å². The summed E-state index contributed by atoms with van der Waals surface area (Å²) in [6.07, 6.45) is 5.89. The number of hydrogen-bond acceptors (Lipinski definition) is 2. The first-order valence-electron chi connectivity index (χ1n) is 6.22. The zero-order valence-corrected chi connectivity index (χ0v) is 10.7. The Labute approximate surface area is 106 Å². The van der Waals surface area contributed by atoms with Gasteiger partial charge < -0.3 is 5.11 Å².